The molecule has 84 valence electrons. The van der Waals surface area contributed by atoms with Crippen molar-refractivity contribution in [2.75, 3.05) is 12.0 Å². The lowest BCUT2D eigenvalue weighted by Crippen LogP contribution is -2.33. The van der Waals surface area contributed by atoms with E-state index >= 15 is 0 Å². The van der Waals surface area contributed by atoms with Crippen LogP contribution in [0.4, 0.5) is 0 Å². The molecule has 0 amide bonds. The highest BCUT2D eigenvalue weighted by Crippen LogP contribution is 2.11. The Balaban J connectivity index is 2.50. The van der Waals surface area contributed by atoms with Crippen molar-refractivity contribution in [3.8, 4) is 0 Å². The van der Waals surface area contributed by atoms with Crippen molar-refractivity contribution >= 4 is 11.8 Å². The Morgan fingerprint density at radius 3 is 2.80 bits per heavy atom. The number of rotatable bonds is 6. The van der Waals surface area contributed by atoms with Crippen LogP contribution in [0, 0.1) is 0 Å². The zero-order chi connectivity index (χ0) is 11.1. The lowest BCUT2D eigenvalue weighted by molar-refractivity contribution is 0.467. The van der Waals surface area contributed by atoms with Crippen molar-refractivity contribution < 1.29 is 0 Å². The Morgan fingerprint density at radius 2 is 2.27 bits per heavy atom. The molecule has 3 nitrogen and oxygen atoms in total. The van der Waals surface area contributed by atoms with Crippen molar-refractivity contribution in [1.82, 2.24) is 15.3 Å². The van der Waals surface area contributed by atoms with Gasteiger partial charge in [-0.1, -0.05) is 6.92 Å². The Hall–Kier alpha value is -0.610. The molecule has 1 N–H and O–H groups in total. The molecule has 2 unspecified atom stereocenters. The highest BCUT2D eigenvalue weighted by Gasteiger charge is 2.11. The Bertz CT molecular complexity index is 266. The average Bonchev–Trinajstić information content (AvgIpc) is 2.29. The number of nitrogens with zero attached hydrogens (tertiary/aromatic N) is 2. The van der Waals surface area contributed by atoms with Crippen LogP contribution >= 0.6 is 11.8 Å². The van der Waals surface area contributed by atoms with E-state index in [2.05, 4.69) is 35.4 Å². The van der Waals surface area contributed by atoms with E-state index in [-0.39, 0.29) is 6.04 Å². The highest BCUT2D eigenvalue weighted by molar-refractivity contribution is 7.98. The molecule has 0 bridgehead atoms. The van der Waals surface area contributed by atoms with Crippen molar-refractivity contribution in [3.63, 3.8) is 0 Å². The third kappa shape index (κ3) is 4.18. The second-order valence-electron chi connectivity index (χ2n) is 3.58. The number of hydrogen-bond donors (Lipinski definition) is 1. The summed E-state index contributed by atoms with van der Waals surface area (Å²) >= 11 is 1.87. The molecule has 4 heteroatoms. The van der Waals surface area contributed by atoms with E-state index in [1.165, 1.54) is 0 Å². The van der Waals surface area contributed by atoms with Crippen LogP contribution in [0.5, 0.6) is 0 Å². The molecule has 1 aromatic heterocycles. The molecule has 0 aliphatic heterocycles. The van der Waals surface area contributed by atoms with Gasteiger partial charge in [0.25, 0.3) is 0 Å². The predicted octanol–water partition coefficient (Wildman–Crippen LogP) is 2.27. The van der Waals surface area contributed by atoms with Gasteiger partial charge >= 0.3 is 0 Å². The molecular formula is C11H19N3S. The molecule has 0 fully saturated rings. The molecule has 0 saturated heterocycles. The van der Waals surface area contributed by atoms with E-state index in [1.807, 2.05) is 18.0 Å². The summed E-state index contributed by atoms with van der Waals surface area (Å²) in [5.74, 6) is 1.14. The molecule has 0 aliphatic rings. The largest absolute Gasteiger partial charge is 0.305 e. The van der Waals surface area contributed by atoms with Gasteiger partial charge in [-0.25, -0.2) is 0 Å². The zero-order valence-electron chi connectivity index (χ0n) is 9.60. The first kappa shape index (κ1) is 12.5. The molecule has 1 aromatic rings. The highest BCUT2D eigenvalue weighted by atomic mass is 32.2. The molecule has 1 heterocycles. The van der Waals surface area contributed by atoms with E-state index in [1.54, 1.807) is 12.4 Å². The van der Waals surface area contributed by atoms with E-state index < -0.39 is 0 Å². The van der Waals surface area contributed by atoms with Crippen molar-refractivity contribution in [2.24, 2.45) is 0 Å². The minimum atomic E-state index is 0.274. The fourth-order valence-electron chi connectivity index (χ4n) is 1.46. The van der Waals surface area contributed by atoms with E-state index in [0.29, 0.717) is 6.04 Å². The maximum atomic E-state index is 4.29. The average molecular weight is 225 g/mol. The van der Waals surface area contributed by atoms with Gasteiger partial charge in [0, 0.05) is 36.4 Å². The van der Waals surface area contributed by atoms with Gasteiger partial charge in [0.1, 0.15) is 0 Å². The SMILES string of the molecule is CCC(CSC)NC(C)c1cnccn1. The Morgan fingerprint density at radius 1 is 1.47 bits per heavy atom. The van der Waals surface area contributed by atoms with Gasteiger partial charge in [-0.05, 0) is 19.6 Å². The first-order valence-electron chi connectivity index (χ1n) is 5.28. The summed E-state index contributed by atoms with van der Waals surface area (Å²) in [5, 5.41) is 3.56. The van der Waals surface area contributed by atoms with Crippen LogP contribution in [0.3, 0.4) is 0 Å². The van der Waals surface area contributed by atoms with Crippen molar-refractivity contribution in [2.45, 2.75) is 32.4 Å². The van der Waals surface area contributed by atoms with Gasteiger partial charge in [-0.2, -0.15) is 11.8 Å². The summed E-state index contributed by atoms with van der Waals surface area (Å²) in [7, 11) is 0. The van der Waals surface area contributed by atoms with Gasteiger partial charge < -0.3 is 5.32 Å². The molecule has 0 spiro atoms. The summed E-state index contributed by atoms with van der Waals surface area (Å²) in [5.41, 5.74) is 1.01. The fourth-order valence-corrected chi connectivity index (χ4v) is 2.19. The van der Waals surface area contributed by atoms with Gasteiger partial charge in [0.15, 0.2) is 0 Å². The minimum absolute atomic E-state index is 0.274. The van der Waals surface area contributed by atoms with Crippen LogP contribution in [-0.4, -0.2) is 28.0 Å². The van der Waals surface area contributed by atoms with Crippen molar-refractivity contribution in [1.29, 1.82) is 0 Å². The van der Waals surface area contributed by atoms with Crippen LogP contribution in [-0.2, 0) is 0 Å². The second kappa shape index (κ2) is 6.80. The quantitative estimate of drug-likeness (QED) is 0.806. The van der Waals surface area contributed by atoms with Crippen molar-refractivity contribution in [3.05, 3.63) is 24.3 Å². The van der Waals surface area contributed by atoms with Crippen LogP contribution in [0.15, 0.2) is 18.6 Å². The smallest absolute Gasteiger partial charge is 0.0753 e. The van der Waals surface area contributed by atoms with Gasteiger partial charge in [0.2, 0.25) is 0 Å². The first-order valence-corrected chi connectivity index (χ1v) is 6.68. The molecule has 0 saturated carbocycles. The minimum Gasteiger partial charge on any atom is -0.305 e. The maximum absolute atomic E-state index is 4.29. The Labute approximate surface area is 96.1 Å². The molecule has 0 aromatic carbocycles. The van der Waals surface area contributed by atoms with Gasteiger partial charge in [-0.15, -0.1) is 0 Å². The summed E-state index contributed by atoms with van der Waals surface area (Å²) in [4.78, 5) is 8.37. The molecule has 0 aliphatic carbocycles. The Kier molecular flexibility index (Phi) is 5.65. The maximum Gasteiger partial charge on any atom is 0.0753 e. The van der Waals surface area contributed by atoms with E-state index in [0.717, 1.165) is 17.9 Å². The number of hydrogen-bond acceptors (Lipinski definition) is 4. The summed E-state index contributed by atoms with van der Waals surface area (Å²) in [6, 6.07) is 0.827. The van der Waals surface area contributed by atoms with Crippen LogP contribution in [0.1, 0.15) is 32.0 Å². The lowest BCUT2D eigenvalue weighted by atomic mass is 10.2. The summed E-state index contributed by atoms with van der Waals surface area (Å²) in [6.45, 7) is 4.34. The first-order chi connectivity index (χ1) is 7.27. The van der Waals surface area contributed by atoms with Crippen LogP contribution in [0.2, 0.25) is 0 Å². The predicted molar refractivity (Wildman–Crippen MR) is 66.0 cm³/mol. The van der Waals surface area contributed by atoms with Crippen LogP contribution < -0.4 is 5.32 Å². The van der Waals surface area contributed by atoms with Gasteiger partial charge in [-0.3, -0.25) is 9.97 Å². The van der Waals surface area contributed by atoms with Gasteiger partial charge in [0.05, 0.1) is 5.69 Å². The topological polar surface area (TPSA) is 37.8 Å². The molecule has 1 rings (SSSR count). The van der Waals surface area contributed by atoms with E-state index in [9.17, 15) is 0 Å². The fraction of sp³-hybridized carbons (Fsp3) is 0.636. The second-order valence-corrected chi connectivity index (χ2v) is 4.49. The summed E-state index contributed by atoms with van der Waals surface area (Å²) < 4.78 is 0. The normalized spacial score (nSPS) is 14.9. The summed E-state index contributed by atoms with van der Waals surface area (Å²) in [6.07, 6.45) is 8.55. The molecular weight excluding hydrogens is 206 g/mol. The molecule has 2 atom stereocenters. The molecule has 0 radical (unpaired) electrons. The molecule has 15 heavy (non-hydrogen) atoms. The van der Waals surface area contributed by atoms with Crippen LogP contribution in [0.25, 0.3) is 0 Å². The number of thioether (sulfide) groups is 1. The van der Waals surface area contributed by atoms with E-state index in [4.69, 9.17) is 0 Å². The third-order valence-electron chi connectivity index (χ3n) is 2.37. The zero-order valence-corrected chi connectivity index (χ0v) is 10.4. The standard InChI is InChI=1S/C11H19N3S/c1-4-10(8-15-3)14-9(2)11-7-12-5-6-13-11/h5-7,9-10,14H,4,8H2,1-3H3. The third-order valence-corrected chi connectivity index (χ3v) is 3.11. The number of nitrogens with one attached hydrogen (secondary N) is 1. The monoisotopic (exact) mass is 225 g/mol. The number of aromatic nitrogens is 2. The lowest BCUT2D eigenvalue weighted by Gasteiger charge is -2.20.